The number of nitrogens with zero attached hydrogens (tertiary/aromatic N) is 1. The van der Waals surface area contributed by atoms with Gasteiger partial charge in [0, 0.05) is 25.3 Å². The summed E-state index contributed by atoms with van der Waals surface area (Å²) in [4.78, 5) is 33.1. The van der Waals surface area contributed by atoms with Crippen LogP contribution in [0.2, 0.25) is 0 Å². The minimum atomic E-state index is -0.322. The zero-order valence-electron chi connectivity index (χ0n) is 21.5. The minimum absolute atomic E-state index is 0.0137. The average Bonchev–Trinajstić information content (AvgIpc) is 3.40. The summed E-state index contributed by atoms with van der Waals surface area (Å²) in [5, 5.41) is 8.57. The molecule has 5 N–H and O–H groups in total. The molecule has 0 aromatic heterocycles. The Hall–Kier alpha value is -3.39. The average molecular weight is 486 g/mol. The number of nitrogens with one attached hydrogen (secondary N) is 3. The zero-order chi connectivity index (χ0) is 26.2. The van der Waals surface area contributed by atoms with Crippen molar-refractivity contribution in [2.24, 2.45) is 5.73 Å². The van der Waals surface area contributed by atoms with Gasteiger partial charge in [0.25, 0.3) is 0 Å². The van der Waals surface area contributed by atoms with Gasteiger partial charge in [-0.1, -0.05) is 68.8 Å². The van der Waals surface area contributed by atoms with Crippen LogP contribution in [0.25, 0.3) is 0 Å². The van der Waals surface area contributed by atoms with Crippen molar-refractivity contribution in [3.05, 3.63) is 66.2 Å². The number of amides is 3. The zero-order valence-corrected chi connectivity index (χ0v) is 21.5. The van der Waals surface area contributed by atoms with Crippen molar-refractivity contribution in [2.75, 3.05) is 45.1 Å². The van der Waals surface area contributed by atoms with Crippen LogP contribution < -0.4 is 21.7 Å². The first-order valence-electron chi connectivity index (χ1n) is 12.2. The summed E-state index contributed by atoms with van der Waals surface area (Å²) in [5.74, 6) is -0.308. The van der Waals surface area contributed by atoms with Gasteiger partial charge in [-0.2, -0.15) is 0 Å². The highest BCUT2D eigenvalue weighted by molar-refractivity contribution is 5.80. The van der Waals surface area contributed by atoms with Crippen LogP contribution in [-0.2, 0) is 20.8 Å². The van der Waals surface area contributed by atoms with Gasteiger partial charge in [0.05, 0.1) is 13.1 Å². The number of likely N-dealkylation sites (N-methyl/N-ethyl adjacent to an activating group) is 1. The van der Waals surface area contributed by atoms with Gasteiger partial charge in [-0.05, 0) is 44.0 Å². The Morgan fingerprint density at radius 1 is 0.943 bits per heavy atom. The van der Waals surface area contributed by atoms with Crippen molar-refractivity contribution in [2.45, 2.75) is 39.5 Å². The SMILES string of the molecule is CCC.CNCC(N)=O.O=C(CNc1ccccc1)NCCc1ccccc1.O=CN1CCCC1. The summed E-state index contributed by atoms with van der Waals surface area (Å²) < 4.78 is 0. The molecule has 0 atom stereocenters. The molecule has 8 heteroatoms. The Balaban J connectivity index is 0.000000590. The van der Waals surface area contributed by atoms with E-state index < -0.39 is 0 Å². The predicted octanol–water partition coefficient (Wildman–Crippen LogP) is 2.80. The molecule has 0 radical (unpaired) electrons. The molecule has 0 spiro atoms. The Labute approximate surface area is 210 Å². The fourth-order valence-electron chi connectivity index (χ4n) is 2.81. The second-order valence-electron chi connectivity index (χ2n) is 7.86. The molecule has 0 aliphatic carbocycles. The molecule has 1 fully saturated rings. The fourth-order valence-corrected chi connectivity index (χ4v) is 2.81. The maximum Gasteiger partial charge on any atom is 0.239 e. The lowest BCUT2D eigenvalue weighted by atomic mass is 10.1. The van der Waals surface area contributed by atoms with Gasteiger partial charge in [0.15, 0.2) is 0 Å². The second-order valence-corrected chi connectivity index (χ2v) is 7.86. The van der Waals surface area contributed by atoms with E-state index in [4.69, 9.17) is 5.73 Å². The fraction of sp³-hybridized carbons (Fsp3) is 0.444. The van der Waals surface area contributed by atoms with Gasteiger partial charge in [-0.3, -0.25) is 14.4 Å². The Morgan fingerprint density at radius 3 is 1.91 bits per heavy atom. The highest BCUT2D eigenvalue weighted by atomic mass is 16.2. The van der Waals surface area contributed by atoms with Crippen LogP contribution in [0.1, 0.15) is 38.7 Å². The van der Waals surface area contributed by atoms with E-state index in [1.807, 2.05) is 48.5 Å². The minimum Gasteiger partial charge on any atom is -0.376 e. The first kappa shape index (κ1) is 31.6. The molecule has 2 aromatic rings. The second kappa shape index (κ2) is 22.4. The smallest absolute Gasteiger partial charge is 0.239 e. The number of hydrogen-bond acceptors (Lipinski definition) is 5. The van der Waals surface area contributed by atoms with Crippen molar-refractivity contribution < 1.29 is 14.4 Å². The number of anilines is 1. The van der Waals surface area contributed by atoms with Gasteiger partial charge < -0.3 is 26.6 Å². The van der Waals surface area contributed by atoms with Gasteiger partial charge in [-0.15, -0.1) is 0 Å². The lowest BCUT2D eigenvalue weighted by Gasteiger charge is -2.07. The summed E-state index contributed by atoms with van der Waals surface area (Å²) in [6, 6.07) is 19.8. The molecule has 194 valence electrons. The van der Waals surface area contributed by atoms with Crippen molar-refractivity contribution in [3.63, 3.8) is 0 Å². The monoisotopic (exact) mass is 485 g/mol. The first-order valence-corrected chi connectivity index (χ1v) is 12.2. The molecular weight excluding hydrogens is 442 g/mol. The molecule has 8 nitrogen and oxygen atoms in total. The van der Waals surface area contributed by atoms with Crippen molar-refractivity contribution in [1.29, 1.82) is 0 Å². The van der Waals surface area contributed by atoms with Crippen LogP contribution in [0.15, 0.2) is 60.7 Å². The van der Waals surface area contributed by atoms with Crippen LogP contribution in [0, 0.1) is 0 Å². The summed E-state index contributed by atoms with van der Waals surface area (Å²) in [6.07, 6.45) is 5.42. The molecule has 35 heavy (non-hydrogen) atoms. The van der Waals surface area contributed by atoms with E-state index in [2.05, 4.69) is 41.9 Å². The van der Waals surface area contributed by atoms with Crippen LogP contribution in [-0.4, -0.2) is 62.9 Å². The topological polar surface area (TPSA) is 117 Å². The highest BCUT2D eigenvalue weighted by Gasteiger charge is 2.06. The van der Waals surface area contributed by atoms with Crippen LogP contribution in [0.3, 0.4) is 0 Å². The Bertz CT molecular complexity index is 782. The van der Waals surface area contributed by atoms with Gasteiger partial charge in [0.2, 0.25) is 18.2 Å². The predicted molar refractivity (Wildman–Crippen MR) is 144 cm³/mol. The molecule has 1 aliphatic heterocycles. The summed E-state index contributed by atoms with van der Waals surface area (Å²) >= 11 is 0. The molecule has 0 saturated carbocycles. The quantitative estimate of drug-likeness (QED) is 0.408. The number of carbonyl (C=O) groups is 3. The van der Waals surface area contributed by atoms with E-state index >= 15 is 0 Å². The third kappa shape index (κ3) is 19.8. The number of para-hydroxylation sites is 1. The van der Waals surface area contributed by atoms with E-state index in [0.717, 1.165) is 31.6 Å². The highest BCUT2D eigenvalue weighted by Crippen LogP contribution is 2.04. The largest absolute Gasteiger partial charge is 0.376 e. The molecule has 2 aromatic carbocycles. The number of benzene rings is 2. The standard InChI is InChI=1S/C16H18N2O.C5H9NO.C3H8N2O.C3H8/c19-16(13-18-15-9-5-2-6-10-15)17-12-11-14-7-3-1-4-8-14;7-5-6-3-1-2-4-6;1-5-2-3(4)6;1-3-2/h1-10,18H,11-13H2,(H,17,19);5H,1-4H2;5H,2H2,1H3,(H2,4,6);3H2,1-2H3. The molecule has 1 aliphatic rings. The summed E-state index contributed by atoms with van der Waals surface area (Å²) in [5.41, 5.74) is 6.90. The van der Waals surface area contributed by atoms with Crippen molar-refractivity contribution in [1.82, 2.24) is 15.5 Å². The van der Waals surface area contributed by atoms with E-state index in [-0.39, 0.29) is 18.4 Å². The van der Waals surface area contributed by atoms with Crippen molar-refractivity contribution >= 4 is 23.9 Å². The Kier molecular flexibility index (Phi) is 20.2. The number of primary amides is 1. The van der Waals surface area contributed by atoms with Crippen LogP contribution in [0.5, 0.6) is 0 Å². The van der Waals surface area contributed by atoms with Gasteiger partial charge in [-0.25, -0.2) is 0 Å². The van der Waals surface area contributed by atoms with Gasteiger partial charge >= 0.3 is 0 Å². The summed E-state index contributed by atoms with van der Waals surface area (Å²) in [6.45, 7) is 7.44. The normalized spacial score (nSPS) is 11.3. The van der Waals surface area contributed by atoms with E-state index in [1.165, 1.54) is 24.8 Å². The lowest BCUT2D eigenvalue weighted by Crippen LogP contribution is -2.31. The molecule has 0 bridgehead atoms. The summed E-state index contributed by atoms with van der Waals surface area (Å²) in [7, 11) is 1.67. The molecule has 1 heterocycles. The Morgan fingerprint density at radius 2 is 1.49 bits per heavy atom. The van der Waals surface area contributed by atoms with Crippen LogP contribution in [0.4, 0.5) is 5.69 Å². The van der Waals surface area contributed by atoms with Crippen LogP contribution >= 0.6 is 0 Å². The third-order valence-electron chi connectivity index (χ3n) is 4.45. The maximum absolute atomic E-state index is 11.6. The lowest BCUT2D eigenvalue weighted by molar-refractivity contribution is -0.119. The van der Waals surface area contributed by atoms with Crippen molar-refractivity contribution in [3.8, 4) is 0 Å². The molecule has 3 rings (SSSR count). The number of carbonyl (C=O) groups excluding carboxylic acids is 3. The third-order valence-corrected chi connectivity index (χ3v) is 4.45. The molecule has 0 unspecified atom stereocenters. The van der Waals surface area contributed by atoms with E-state index in [9.17, 15) is 14.4 Å². The molecule has 1 saturated heterocycles. The maximum atomic E-state index is 11.6. The molecule has 3 amide bonds. The molecular formula is C27H43N5O3. The number of nitrogens with two attached hydrogens (primary N) is 1. The van der Waals surface area contributed by atoms with E-state index in [1.54, 1.807) is 11.9 Å². The number of hydrogen-bond donors (Lipinski definition) is 4. The number of rotatable bonds is 9. The number of likely N-dealkylation sites (tertiary alicyclic amines) is 1. The van der Waals surface area contributed by atoms with E-state index in [0.29, 0.717) is 13.1 Å². The first-order chi connectivity index (χ1) is 17.0. The van der Waals surface area contributed by atoms with Gasteiger partial charge in [0.1, 0.15) is 0 Å².